The second-order valence-electron chi connectivity index (χ2n) is 7.05. The molecule has 6 nitrogen and oxygen atoms in total. The summed E-state index contributed by atoms with van der Waals surface area (Å²) in [5, 5.41) is 6.71. The molecule has 1 aliphatic carbocycles. The van der Waals surface area contributed by atoms with E-state index in [1.165, 1.54) is 19.1 Å². The van der Waals surface area contributed by atoms with Crippen molar-refractivity contribution in [2.45, 2.75) is 65.0 Å². The highest BCUT2D eigenvalue weighted by Crippen LogP contribution is 2.23. The maximum Gasteiger partial charge on any atom is 0.209 e. The molecule has 0 unspecified atom stereocenters. The molecule has 0 aromatic rings. The van der Waals surface area contributed by atoms with E-state index >= 15 is 0 Å². The van der Waals surface area contributed by atoms with Crippen molar-refractivity contribution < 1.29 is 8.42 Å². The van der Waals surface area contributed by atoms with Crippen molar-refractivity contribution in [1.29, 1.82) is 0 Å². The van der Waals surface area contributed by atoms with E-state index in [0.717, 1.165) is 31.3 Å². The van der Waals surface area contributed by atoms with Gasteiger partial charge in [0.05, 0.1) is 12.8 Å². The molecular formula is C15H33IN4O2S. The van der Waals surface area contributed by atoms with E-state index < -0.39 is 15.6 Å². The number of aliphatic imine (C=N–C) groups is 1. The fourth-order valence-corrected chi connectivity index (χ4v) is 3.80. The summed E-state index contributed by atoms with van der Waals surface area (Å²) in [7, 11) is -3.24. The summed E-state index contributed by atoms with van der Waals surface area (Å²) in [6.45, 7) is 9.18. The molecule has 1 aliphatic rings. The van der Waals surface area contributed by atoms with Gasteiger partial charge in [-0.05, 0) is 52.4 Å². The summed E-state index contributed by atoms with van der Waals surface area (Å²) >= 11 is 0. The molecule has 1 rings (SSSR count). The lowest BCUT2D eigenvalue weighted by Gasteiger charge is -2.29. The molecule has 0 aliphatic heterocycles. The normalized spacial score (nSPS) is 23.1. The first-order chi connectivity index (χ1) is 10.1. The Morgan fingerprint density at radius 1 is 1.22 bits per heavy atom. The molecule has 0 bridgehead atoms. The molecule has 0 saturated heterocycles. The Hall–Kier alpha value is -0.0900. The van der Waals surface area contributed by atoms with Crippen molar-refractivity contribution in [2.75, 3.05) is 19.3 Å². The summed E-state index contributed by atoms with van der Waals surface area (Å²) in [6.07, 6.45) is 5.99. The molecule has 23 heavy (non-hydrogen) atoms. The molecule has 0 aromatic heterocycles. The molecular weight excluding hydrogens is 427 g/mol. The number of nitrogens with one attached hydrogen (secondary N) is 3. The molecule has 0 heterocycles. The molecule has 3 N–H and O–H groups in total. The van der Waals surface area contributed by atoms with E-state index in [4.69, 9.17) is 0 Å². The number of guanidine groups is 1. The van der Waals surface area contributed by atoms with Gasteiger partial charge in [-0.1, -0.05) is 6.92 Å². The van der Waals surface area contributed by atoms with E-state index in [-0.39, 0.29) is 24.0 Å². The van der Waals surface area contributed by atoms with Crippen molar-refractivity contribution >= 4 is 40.0 Å². The van der Waals surface area contributed by atoms with Gasteiger partial charge < -0.3 is 10.6 Å². The van der Waals surface area contributed by atoms with Crippen LogP contribution in [0, 0.1) is 5.92 Å². The molecule has 1 saturated carbocycles. The predicted octanol–water partition coefficient (Wildman–Crippen LogP) is 2.07. The van der Waals surface area contributed by atoms with Gasteiger partial charge in [0.2, 0.25) is 10.0 Å². The molecule has 8 heteroatoms. The SMILES string of the molecule is CCNC(=NCC(C)(C)NS(C)(=O)=O)NC1CCC(C)CC1.I. The van der Waals surface area contributed by atoms with Crippen molar-refractivity contribution in [1.82, 2.24) is 15.4 Å². The van der Waals surface area contributed by atoms with Gasteiger partial charge in [-0.15, -0.1) is 24.0 Å². The Morgan fingerprint density at radius 2 is 1.78 bits per heavy atom. The highest BCUT2D eigenvalue weighted by molar-refractivity contribution is 14.0. The number of hydrogen-bond donors (Lipinski definition) is 3. The van der Waals surface area contributed by atoms with Crippen LogP contribution in [0.5, 0.6) is 0 Å². The third-order valence-corrected chi connectivity index (χ3v) is 4.72. The van der Waals surface area contributed by atoms with Crippen LogP contribution in [-0.4, -0.2) is 45.3 Å². The molecule has 0 radical (unpaired) electrons. The third-order valence-electron chi connectivity index (χ3n) is 3.80. The number of hydrogen-bond acceptors (Lipinski definition) is 3. The Kier molecular flexibility index (Phi) is 9.99. The van der Waals surface area contributed by atoms with Gasteiger partial charge >= 0.3 is 0 Å². The second-order valence-corrected chi connectivity index (χ2v) is 8.80. The number of halogens is 1. The van der Waals surface area contributed by atoms with Crippen LogP contribution >= 0.6 is 24.0 Å². The largest absolute Gasteiger partial charge is 0.357 e. The van der Waals surface area contributed by atoms with Crippen LogP contribution in [0.4, 0.5) is 0 Å². The first-order valence-corrected chi connectivity index (χ1v) is 10.0. The minimum absolute atomic E-state index is 0. The summed E-state index contributed by atoms with van der Waals surface area (Å²) in [6, 6.07) is 0.458. The van der Waals surface area contributed by atoms with E-state index in [9.17, 15) is 8.42 Å². The lowest BCUT2D eigenvalue weighted by atomic mass is 9.87. The van der Waals surface area contributed by atoms with Crippen molar-refractivity contribution in [3.05, 3.63) is 0 Å². The average Bonchev–Trinajstić information content (AvgIpc) is 2.36. The van der Waals surface area contributed by atoms with Crippen LogP contribution in [0.25, 0.3) is 0 Å². The first kappa shape index (κ1) is 22.9. The predicted molar refractivity (Wildman–Crippen MR) is 108 cm³/mol. The van der Waals surface area contributed by atoms with E-state index in [1.807, 2.05) is 20.8 Å². The Balaban J connectivity index is 0.00000484. The highest BCUT2D eigenvalue weighted by atomic mass is 127. The van der Waals surface area contributed by atoms with Crippen LogP contribution in [0.15, 0.2) is 4.99 Å². The standard InChI is InChI=1S/C15H32N4O2S.HI/c1-6-16-14(18-13-9-7-12(2)8-10-13)17-11-15(3,4)19-22(5,20)21;/h12-13,19H,6-11H2,1-5H3,(H2,16,17,18);1H. The Labute approximate surface area is 158 Å². The number of nitrogens with zero attached hydrogens (tertiary/aromatic N) is 1. The van der Waals surface area contributed by atoms with Crippen LogP contribution in [0.3, 0.4) is 0 Å². The van der Waals surface area contributed by atoms with Crippen LogP contribution in [-0.2, 0) is 10.0 Å². The summed E-state index contributed by atoms with van der Waals surface area (Å²) in [5.41, 5.74) is -0.600. The lowest BCUT2D eigenvalue weighted by Crippen LogP contribution is -2.48. The van der Waals surface area contributed by atoms with Gasteiger partial charge in [0.15, 0.2) is 5.96 Å². The molecule has 0 amide bonds. The lowest BCUT2D eigenvalue weighted by molar-refractivity contribution is 0.329. The summed E-state index contributed by atoms with van der Waals surface area (Å²) in [4.78, 5) is 4.55. The van der Waals surface area contributed by atoms with Gasteiger partial charge in [-0.3, -0.25) is 4.99 Å². The zero-order valence-electron chi connectivity index (χ0n) is 15.0. The van der Waals surface area contributed by atoms with Gasteiger partial charge in [-0.2, -0.15) is 0 Å². The van der Waals surface area contributed by atoms with Crippen LogP contribution in [0.1, 0.15) is 53.4 Å². The molecule has 138 valence electrons. The quantitative estimate of drug-likeness (QED) is 0.322. The molecule has 0 atom stereocenters. The van der Waals surface area contributed by atoms with Gasteiger partial charge in [-0.25, -0.2) is 13.1 Å². The number of rotatable bonds is 6. The van der Waals surface area contributed by atoms with Crippen molar-refractivity contribution in [2.24, 2.45) is 10.9 Å². The monoisotopic (exact) mass is 460 g/mol. The fourth-order valence-electron chi connectivity index (χ4n) is 2.73. The highest BCUT2D eigenvalue weighted by Gasteiger charge is 2.23. The minimum atomic E-state index is -3.24. The minimum Gasteiger partial charge on any atom is -0.357 e. The zero-order chi connectivity index (χ0) is 16.8. The average molecular weight is 460 g/mol. The van der Waals surface area contributed by atoms with Gasteiger partial charge in [0.1, 0.15) is 0 Å². The van der Waals surface area contributed by atoms with Crippen molar-refractivity contribution in [3.63, 3.8) is 0 Å². The maximum atomic E-state index is 11.4. The first-order valence-electron chi connectivity index (χ1n) is 8.15. The molecule has 0 spiro atoms. The van der Waals surface area contributed by atoms with E-state index in [0.29, 0.717) is 12.6 Å². The second kappa shape index (κ2) is 10.0. The Bertz CT molecular complexity index is 472. The van der Waals surface area contributed by atoms with Crippen LogP contribution in [0.2, 0.25) is 0 Å². The maximum absolute atomic E-state index is 11.4. The third kappa shape index (κ3) is 10.4. The molecule has 1 fully saturated rings. The Morgan fingerprint density at radius 3 is 2.26 bits per heavy atom. The fraction of sp³-hybridized carbons (Fsp3) is 0.933. The summed E-state index contributed by atoms with van der Waals surface area (Å²) in [5.74, 6) is 1.58. The van der Waals surface area contributed by atoms with Gasteiger partial charge in [0, 0.05) is 18.1 Å². The zero-order valence-corrected chi connectivity index (χ0v) is 18.1. The van der Waals surface area contributed by atoms with E-state index in [2.05, 4.69) is 27.3 Å². The van der Waals surface area contributed by atoms with Crippen molar-refractivity contribution in [3.8, 4) is 0 Å². The van der Waals surface area contributed by atoms with Gasteiger partial charge in [0.25, 0.3) is 0 Å². The number of sulfonamides is 1. The summed E-state index contributed by atoms with van der Waals surface area (Å²) < 4.78 is 25.4. The smallest absolute Gasteiger partial charge is 0.209 e. The van der Waals surface area contributed by atoms with Crippen LogP contribution < -0.4 is 15.4 Å². The topological polar surface area (TPSA) is 82.6 Å². The van der Waals surface area contributed by atoms with E-state index in [1.54, 1.807) is 0 Å². The molecule has 0 aromatic carbocycles.